The minimum absolute atomic E-state index is 0.000633. The minimum Gasteiger partial charge on any atom is -0.397 e. The van der Waals surface area contributed by atoms with E-state index in [9.17, 15) is 10.1 Å². The topological polar surface area (TPSA) is 69.2 Å². The van der Waals surface area contributed by atoms with E-state index in [4.69, 9.17) is 12.2 Å². The zero-order valence-electron chi connectivity index (χ0n) is 15.0. The van der Waals surface area contributed by atoms with Crippen LogP contribution >= 0.6 is 12.6 Å². The predicted molar refractivity (Wildman–Crippen MR) is 114 cm³/mol. The Morgan fingerprint density at radius 3 is 2.70 bits per heavy atom. The summed E-state index contributed by atoms with van der Waals surface area (Å²) in [6, 6.07) is 9.24. The highest BCUT2D eigenvalue weighted by molar-refractivity contribution is 7.80. The summed E-state index contributed by atoms with van der Waals surface area (Å²) >= 11 is 4.39. The second-order valence-electron chi connectivity index (χ2n) is 6.37. The molecule has 0 aliphatic heterocycles. The van der Waals surface area contributed by atoms with Crippen LogP contribution in [0.15, 0.2) is 53.5 Å². The van der Waals surface area contributed by atoms with Crippen molar-refractivity contribution in [2.45, 2.75) is 24.7 Å². The van der Waals surface area contributed by atoms with Gasteiger partial charge in [-0.3, -0.25) is 10.1 Å². The van der Waals surface area contributed by atoms with Crippen molar-refractivity contribution >= 4 is 29.6 Å². The molecule has 5 heteroatoms. The molecule has 1 atom stereocenters. The second kappa shape index (κ2) is 7.73. The molecule has 136 valence electrons. The van der Waals surface area contributed by atoms with Crippen molar-refractivity contribution < 1.29 is 4.92 Å². The number of nitrogens with zero attached hydrogens (tertiary/aromatic N) is 1. The van der Waals surface area contributed by atoms with Gasteiger partial charge in [0, 0.05) is 22.4 Å². The van der Waals surface area contributed by atoms with Gasteiger partial charge in [-0.25, -0.2) is 0 Å². The first-order chi connectivity index (χ1) is 13.0. The number of allylic oxidation sites excluding steroid dienone is 4. The van der Waals surface area contributed by atoms with E-state index in [1.54, 1.807) is 0 Å². The molecule has 1 aliphatic rings. The minimum atomic E-state index is -0.380. The molecule has 0 spiro atoms. The van der Waals surface area contributed by atoms with E-state index in [0.29, 0.717) is 28.1 Å². The lowest BCUT2D eigenvalue weighted by molar-refractivity contribution is -0.385. The van der Waals surface area contributed by atoms with E-state index in [1.165, 1.54) is 6.07 Å². The van der Waals surface area contributed by atoms with Crippen molar-refractivity contribution in [3.05, 3.63) is 69.8 Å². The van der Waals surface area contributed by atoms with Gasteiger partial charge in [-0.05, 0) is 29.5 Å². The molecule has 2 N–H and O–H groups in total. The van der Waals surface area contributed by atoms with Crippen LogP contribution < -0.4 is 5.73 Å². The number of rotatable bonds is 4. The molecule has 0 amide bonds. The molecule has 3 rings (SSSR count). The monoisotopic (exact) mass is 376 g/mol. The molecule has 0 aromatic heterocycles. The summed E-state index contributed by atoms with van der Waals surface area (Å²) < 4.78 is 0. The molecule has 4 nitrogen and oxygen atoms in total. The lowest BCUT2D eigenvalue weighted by atomic mass is 9.85. The quantitative estimate of drug-likeness (QED) is 0.250. The summed E-state index contributed by atoms with van der Waals surface area (Å²) in [6.07, 6.45) is 12.6. The van der Waals surface area contributed by atoms with E-state index in [1.807, 2.05) is 49.4 Å². The van der Waals surface area contributed by atoms with Gasteiger partial charge in [0.2, 0.25) is 0 Å². The van der Waals surface area contributed by atoms with Gasteiger partial charge in [-0.2, -0.15) is 0 Å². The van der Waals surface area contributed by atoms with E-state index in [2.05, 4.69) is 18.5 Å². The molecule has 2 aromatic carbocycles. The first kappa shape index (κ1) is 18.8. The van der Waals surface area contributed by atoms with E-state index < -0.39 is 0 Å². The Hall–Kier alpha value is -2.97. The molecule has 2 aromatic rings. The fourth-order valence-electron chi connectivity index (χ4n) is 3.39. The Morgan fingerprint density at radius 2 is 2.11 bits per heavy atom. The van der Waals surface area contributed by atoms with Crippen molar-refractivity contribution in [2.24, 2.45) is 5.92 Å². The number of nitro benzene ring substituents is 1. The third-order valence-electron chi connectivity index (χ3n) is 4.79. The maximum Gasteiger partial charge on any atom is 0.279 e. The maximum atomic E-state index is 11.8. The Balaban J connectivity index is 2.36. The zero-order chi connectivity index (χ0) is 19.6. The van der Waals surface area contributed by atoms with Crippen LogP contribution in [0.3, 0.4) is 0 Å². The molecule has 1 unspecified atom stereocenters. The van der Waals surface area contributed by atoms with Crippen LogP contribution in [-0.2, 0) is 6.42 Å². The summed E-state index contributed by atoms with van der Waals surface area (Å²) in [4.78, 5) is 11.8. The maximum absolute atomic E-state index is 11.8. The number of nitrogens with two attached hydrogens (primary N) is 1. The van der Waals surface area contributed by atoms with Crippen molar-refractivity contribution in [3.8, 4) is 23.5 Å². The van der Waals surface area contributed by atoms with Gasteiger partial charge in [-0.15, -0.1) is 19.1 Å². The molecule has 0 saturated carbocycles. The number of thiol groups is 1. The van der Waals surface area contributed by atoms with Gasteiger partial charge in [-0.1, -0.05) is 55.3 Å². The van der Waals surface area contributed by atoms with Gasteiger partial charge in [0.15, 0.2) is 0 Å². The summed E-state index contributed by atoms with van der Waals surface area (Å²) in [5, 5.41) is 11.8. The predicted octanol–water partition coefficient (Wildman–Crippen LogP) is 5.29. The molecule has 27 heavy (non-hydrogen) atoms. The number of hydrogen-bond acceptors (Lipinski definition) is 4. The third kappa shape index (κ3) is 3.49. The molecular formula is C22H20N2O2S. The number of benzene rings is 2. The highest BCUT2D eigenvalue weighted by Gasteiger charge is 2.27. The molecule has 0 bridgehead atoms. The van der Waals surface area contributed by atoms with E-state index >= 15 is 0 Å². The molecule has 1 aliphatic carbocycles. The summed E-state index contributed by atoms with van der Waals surface area (Å²) in [7, 11) is 0. The molecule has 0 radical (unpaired) electrons. The van der Waals surface area contributed by atoms with E-state index in [0.717, 1.165) is 23.1 Å². The Morgan fingerprint density at radius 1 is 1.37 bits per heavy atom. The Bertz CT molecular complexity index is 1020. The van der Waals surface area contributed by atoms with Crippen LogP contribution in [0, 0.1) is 28.4 Å². The summed E-state index contributed by atoms with van der Waals surface area (Å²) in [5.41, 5.74) is 10.7. The number of anilines is 1. The van der Waals surface area contributed by atoms with Crippen LogP contribution in [0.25, 0.3) is 16.7 Å². The first-order valence-corrected chi connectivity index (χ1v) is 9.15. The van der Waals surface area contributed by atoms with Crippen molar-refractivity contribution in [2.75, 3.05) is 5.73 Å². The second-order valence-corrected chi connectivity index (χ2v) is 6.86. The standard InChI is InChI=1S/C22H20N2O2S/c1-3-14-9-11-16(12-10-14)20-18(24(25)26)13-19(27)22(23)21(20)17-8-6-5-7-15(17)4-2/h1,5-9,11-14,27H,4,10,23H2,2H3. The summed E-state index contributed by atoms with van der Waals surface area (Å²) in [5.74, 6) is 2.70. The van der Waals surface area contributed by atoms with Crippen LogP contribution in [0.2, 0.25) is 0 Å². The Kier molecular flexibility index (Phi) is 5.38. The average molecular weight is 376 g/mol. The van der Waals surface area contributed by atoms with Crippen LogP contribution in [0.1, 0.15) is 24.5 Å². The molecular weight excluding hydrogens is 356 g/mol. The number of aryl methyl sites for hydroxylation is 1. The van der Waals surface area contributed by atoms with Gasteiger partial charge < -0.3 is 5.73 Å². The van der Waals surface area contributed by atoms with Gasteiger partial charge in [0.1, 0.15) is 0 Å². The smallest absolute Gasteiger partial charge is 0.279 e. The van der Waals surface area contributed by atoms with Gasteiger partial charge in [0.25, 0.3) is 5.69 Å². The fourth-order valence-corrected chi connectivity index (χ4v) is 3.62. The highest BCUT2D eigenvalue weighted by atomic mass is 32.1. The van der Waals surface area contributed by atoms with Crippen LogP contribution in [0.4, 0.5) is 11.4 Å². The third-order valence-corrected chi connectivity index (χ3v) is 5.16. The normalized spacial score (nSPS) is 15.9. The van der Waals surface area contributed by atoms with Crippen molar-refractivity contribution in [1.82, 2.24) is 0 Å². The molecule has 0 saturated heterocycles. The van der Waals surface area contributed by atoms with Gasteiger partial charge >= 0.3 is 0 Å². The van der Waals surface area contributed by atoms with E-state index in [-0.39, 0.29) is 16.5 Å². The number of nitrogen functional groups attached to an aromatic ring is 1. The number of nitro groups is 1. The fraction of sp³-hybridized carbons (Fsp3) is 0.182. The SMILES string of the molecule is C#CC1C=CC(c2c([N+](=O)[O-])cc(S)c(N)c2-c2ccccc2CC)=CC1. The number of terminal acetylenes is 1. The average Bonchev–Trinajstić information content (AvgIpc) is 2.69. The van der Waals surface area contributed by atoms with Crippen LogP contribution in [-0.4, -0.2) is 4.92 Å². The molecule has 0 heterocycles. The van der Waals surface area contributed by atoms with Crippen molar-refractivity contribution in [3.63, 3.8) is 0 Å². The zero-order valence-corrected chi connectivity index (χ0v) is 15.9. The van der Waals surface area contributed by atoms with Crippen LogP contribution in [0.5, 0.6) is 0 Å². The van der Waals surface area contributed by atoms with Crippen molar-refractivity contribution in [1.29, 1.82) is 0 Å². The lowest BCUT2D eigenvalue weighted by Crippen LogP contribution is -2.05. The number of hydrogen-bond donors (Lipinski definition) is 2. The Labute approximate surface area is 164 Å². The first-order valence-electron chi connectivity index (χ1n) is 8.70. The van der Waals surface area contributed by atoms with Gasteiger partial charge in [0.05, 0.1) is 16.2 Å². The largest absolute Gasteiger partial charge is 0.397 e. The summed E-state index contributed by atoms with van der Waals surface area (Å²) in [6.45, 7) is 2.05. The highest BCUT2D eigenvalue weighted by Crippen LogP contribution is 2.45. The molecule has 0 fully saturated rings. The lowest BCUT2D eigenvalue weighted by Gasteiger charge is -2.20.